The molecule has 0 fully saturated rings. The average molecular weight is 272 g/mol. The summed E-state index contributed by atoms with van der Waals surface area (Å²) in [7, 11) is 3.28. The molecule has 0 heterocycles. The SMILES string of the molecule is COc1cccc(Oc2cc(C(C)C)ccc2OC)c1. The van der Waals surface area contributed by atoms with Gasteiger partial charge in [-0.3, -0.25) is 0 Å². The summed E-state index contributed by atoms with van der Waals surface area (Å²) in [6.07, 6.45) is 0. The average Bonchev–Trinajstić information content (AvgIpc) is 2.47. The van der Waals surface area contributed by atoms with Gasteiger partial charge in [-0.2, -0.15) is 0 Å². The van der Waals surface area contributed by atoms with Gasteiger partial charge in [0, 0.05) is 6.07 Å². The van der Waals surface area contributed by atoms with Crippen LogP contribution in [0.3, 0.4) is 0 Å². The molecule has 3 nitrogen and oxygen atoms in total. The fourth-order valence-corrected chi connectivity index (χ4v) is 1.92. The van der Waals surface area contributed by atoms with Crippen LogP contribution in [-0.2, 0) is 0 Å². The number of hydrogen-bond donors (Lipinski definition) is 0. The fraction of sp³-hybridized carbons (Fsp3) is 0.294. The Hall–Kier alpha value is -2.16. The first-order chi connectivity index (χ1) is 9.63. The van der Waals surface area contributed by atoms with Crippen LogP contribution in [0.1, 0.15) is 25.3 Å². The van der Waals surface area contributed by atoms with E-state index in [0.717, 1.165) is 17.2 Å². The molecule has 3 heteroatoms. The van der Waals surface area contributed by atoms with E-state index in [0.29, 0.717) is 11.7 Å². The predicted molar refractivity (Wildman–Crippen MR) is 80.2 cm³/mol. The Kier molecular flexibility index (Phi) is 4.51. The zero-order valence-corrected chi connectivity index (χ0v) is 12.3. The third-order valence-electron chi connectivity index (χ3n) is 3.12. The van der Waals surface area contributed by atoms with Gasteiger partial charge in [-0.25, -0.2) is 0 Å². The first-order valence-electron chi connectivity index (χ1n) is 6.64. The Bertz CT molecular complexity index is 576. The molecule has 2 rings (SSSR count). The van der Waals surface area contributed by atoms with Gasteiger partial charge in [-0.05, 0) is 35.7 Å². The summed E-state index contributed by atoms with van der Waals surface area (Å²) in [4.78, 5) is 0. The lowest BCUT2D eigenvalue weighted by Crippen LogP contribution is -1.94. The molecule has 20 heavy (non-hydrogen) atoms. The summed E-state index contributed by atoms with van der Waals surface area (Å²) in [6, 6.07) is 13.5. The van der Waals surface area contributed by atoms with Gasteiger partial charge in [0.25, 0.3) is 0 Å². The summed E-state index contributed by atoms with van der Waals surface area (Å²) in [5.41, 5.74) is 1.21. The fourth-order valence-electron chi connectivity index (χ4n) is 1.92. The number of ether oxygens (including phenoxy) is 3. The Morgan fingerprint density at radius 2 is 1.55 bits per heavy atom. The van der Waals surface area contributed by atoms with Gasteiger partial charge < -0.3 is 14.2 Å². The molecule has 2 aromatic rings. The van der Waals surface area contributed by atoms with Crippen LogP contribution in [0.15, 0.2) is 42.5 Å². The van der Waals surface area contributed by atoms with Crippen molar-refractivity contribution in [3.63, 3.8) is 0 Å². The maximum Gasteiger partial charge on any atom is 0.169 e. The highest BCUT2D eigenvalue weighted by atomic mass is 16.5. The molecule has 0 radical (unpaired) electrons. The third kappa shape index (κ3) is 3.23. The van der Waals surface area contributed by atoms with E-state index in [1.165, 1.54) is 5.56 Å². The van der Waals surface area contributed by atoms with E-state index in [1.807, 2.05) is 36.4 Å². The van der Waals surface area contributed by atoms with E-state index >= 15 is 0 Å². The van der Waals surface area contributed by atoms with Crippen LogP contribution < -0.4 is 14.2 Å². The minimum Gasteiger partial charge on any atom is -0.497 e. The molecule has 106 valence electrons. The van der Waals surface area contributed by atoms with Gasteiger partial charge in [0.2, 0.25) is 0 Å². The molecule has 0 N–H and O–H groups in total. The number of methoxy groups -OCH3 is 2. The minimum absolute atomic E-state index is 0.438. The number of hydrogen-bond acceptors (Lipinski definition) is 3. The molecule has 0 saturated carbocycles. The van der Waals surface area contributed by atoms with Crippen molar-refractivity contribution in [3.05, 3.63) is 48.0 Å². The van der Waals surface area contributed by atoms with Crippen molar-refractivity contribution in [1.82, 2.24) is 0 Å². The molecule has 0 unspecified atom stereocenters. The molecule has 0 aliphatic heterocycles. The highest BCUT2D eigenvalue weighted by molar-refractivity contribution is 5.47. The lowest BCUT2D eigenvalue weighted by molar-refractivity contribution is 0.375. The van der Waals surface area contributed by atoms with Crippen LogP contribution in [0.5, 0.6) is 23.0 Å². The topological polar surface area (TPSA) is 27.7 Å². The Morgan fingerprint density at radius 3 is 2.20 bits per heavy atom. The highest BCUT2D eigenvalue weighted by Crippen LogP contribution is 2.35. The van der Waals surface area contributed by atoms with E-state index in [4.69, 9.17) is 14.2 Å². The van der Waals surface area contributed by atoms with Crippen LogP contribution in [-0.4, -0.2) is 14.2 Å². The first-order valence-corrected chi connectivity index (χ1v) is 6.64. The van der Waals surface area contributed by atoms with Crippen LogP contribution in [0.4, 0.5) is 0 Å². The van der Waals surface area contributed by atoms with Crippen molar-refractivity contribution in [2.24, 2.45) is 0 Å². The smallest absolute Gasteiger partial charge is 0.169 e. The summed E-state index contributed by atoms with van der Waals surface area (Å²) in [5.74, 6) is 3.36. The van der Waals surface area contributed by atoms with Crippen LogP contribution in [0.25, 0.3) is 0 Å². The quantitative estimate of drug-likeness (QED) is 0.795. The lowest BCUT2D eigenvalue weighted by Gasteiger charge is -2.14. The Morgan fingerprint density at radius 1 is 0.800 bits per heavy atom. The summed E-state index contributed by atoms with van der Waals surface area (Å²) >= 11 is 0. The minimum atomic E-state index is 0.438. The first kappa shape index (κ1) is 14.3. The molecule has 0 atom stereocenters. The van der Waals surface area contributed by atoms with Crippen molar-refractivity contribution in [2.45, 2.75) is 19.8 Å². The van der Waals surface area contributed by atoms with E-state index in [1.54, 1.807) is 14.2 Å². The van der Waals surface area contributed by atoms with Gasteiger partial charge in [-0.15, -0.1) is 0 Å². The zero-order valence-electron chi connectivity index (χ0n) is 12.3. The summed E-state index contributed by atoms with van der Waals surface area (Å²) in [6.45, 7) is 4.30. The standard InChI is InChI=1S/C17H20O3/c1-12(2)13-8-9-16(19-4)17(10-13)20-15-7-5-6-14(11-15)18-3/h5-12H,1-4H3. The van der Waals surface area contributed by atoms with Gasteiger partial charge in [-0.1, -0.05) is 26.0 Å². The van der Waals surface area contributed by atoms with E-state index in [9.17, 15) is 0 Å². The van der Waals surface area contributed by atoms with Gasteiger partial charge in [0.15, 0.2) is 11.5 Å². The largest absolute Gasteiger partial charge is 0.497 e. The van der Waals surface area contributed by atoms with Crippen LogP contribution in [0.2, 0.25) is 0 Å². The highest BCUT2D eigenvalue weighted by Gasteiger charge is 2.09. The Labute approximate surface area is 120 Å². The Balaban J connectivity index is 2.32. The van der Waals surface area contributed by atoms with Crippen molar-refractivity contribution in [2.75, 3.05) is 14.2 Å². The molecule has 0 aliphatic rings. The van der Waals surface area contributed by atoms with E-state index < -0.39 is 0 Å². The van der Waals surface area contributed by atoms with Gasteiger partial charge in [0.05, 0.1) is 14.2 Å². The van der Waals surface area contributed by atoms with Crippen LogP contribution in [0, 0.1) is 0 Å². The molecular weight excluding hydrogens is 252 g/mol. The number of rotatable bonds is 5. The van der Waals surface area contributed by atoms with E-state index in [2.05, 4.69) is 19.9 Å². The monoisotopic (exact) mass is 272 g/mol. The molecule has 0 bridgehead atoms. The molecular formula is C17H20O3. The van der Waals surface area contributed by atoms with Gasteiger partial charge in [0.1, 0.15) is 11.5 Å². The maximum atomic E-state index is 5.93. The van der Waals surface area contributed by atoms with Crippen molar-refractivity contribution < 1.29 is 14.2 Å². The molecule has 0 spiro atoms. The normalized spacial score (nSPS) is 10.4. The molecule has 0 saturated heterocycles. The van der Waals surface area contributed by atoms with Crippen LogP contribution >= 0.6 is 0 Å². The second kappa shape index (κ2) is 6.33. The maximum absolute atomic E-state index is 5.93. The summed E-state index contributed by atoms with van der Waals surface area (Å²) < 4.78 is 16.5. The van der Waals surface area contributed by atoms with Crippen molar-refractivity contribution in [3.8, 4) is 23.0 Å². The van der Waals surface area contributed by atoms with Crippen molar-refractivity contribution >= 4 is 0 Å². The molecule has 0 amide bonds. The lowest BCUT2D eigenvalue weighted by atomic mass is 10.0. The predicted octanol–water partition coefficient (Wildman–Crippen LogP) is 4.62. The summed E-state index contributed by atoms with van der Waals surface area (Å²) in [5, 5.41) is 0. The second-order valence-corrected chi connectivity index (χ2v) is 4.85. The zero-order chi connectivity index (χ0) is 14.5. The van der Waals surface area contributed by atoms with Crippen molar-refractivity contribution in [1.29, 1.82) is 0 Å². The second-order valence-electron chi connectivity index (χ2n) is 4.85. The number of benzene rings is 2. The molecule has 0 aliphatic carbocycles. The molecule has 2 aromatic carbocycles. The van der Waals surface area contributed by atoms with E-state index in [-0.39, 0.29) is 0 Å². The third-order valence-corrected chi connectivity index (χ3v) is 3.12. The van der Waals surface area contributed by atoms with Gasteiger partial charge >= 0.3 is 0 Å². The molecule has 0 aromatic heterocycles.